The van der Waals surface area contributed by atoms with Crippen LogP contribution in [0.4, 0.5) is 4.39 Å². The topological polar surface area (TPSA) is 47.3 Å². The van der Waals surface area contributed by atoms with E-state index in [0.717, 1.165) is 6.54 Å². The minimum absolute atomic E-state index is 0.0829. The molecule has 0 aromatic carbocycles. The second-order valence-electron chi connectivity index (χ2n) is 3.87. The molecule has 0 unspecified atom stereocenters. The van der Waals surface area contributed by atoms with E-state index in [1.54, 1.807) is 4.90 Å². The Labute approximate surface area is 94.9 Å². The monoisotopic (exact) mass is 225 g/mol. The maximum atomic E-state index is 11.9. The van der Waals surface area contributed by atoms with Crippen molar-refractivity contribution in [3.05, 3.63) is 12.2 Å². The number of carbonyl (C=O) groups excluding carboxylic acids is 1. The lowest BCUT2D eigenvalue weighted by Crippen LogP contribution is -2.53. The number of piperazine rings is 1. The second-order valence-corrected chi connectivity index (χ2v) is 3.87. The fourth-order valence-electron chi connectivity index (χ4n) is 1.82. The lowest BCUT2D eigenvalue weighted by molar-refractivity contribution is -0.130. The highest BCUT2D eigenvalue weighted by Gasteiger charge is 2.27. The molecule has 1 aliphatic heterocycles. The Morgan fingerprint density at radius 2 is 2.38 bits per heavy atom. The van der Waals surface area contributed by atoms with Crippen LogP contribution < -0.4 is 0 Å². The van der Waals surface area contributed by atoms with Gasteiger partial charge >= 0.3 is 0 Å². The molecule has 1 atom stereocenters. The summed E-state index contributed by atoms with van der Waals surface area (Å²) in [5.41, 5.74) is 0. The third-order valence-electron chi connectivity index (χ3n) is 2.65. The molecular formula is C11H16FN3O. The molecule has 0 N–H and O–H groups in total. The van der Waals surface area contributed by atoms with Crippen LogP contribution in [0.1, 0.15) is 6.42 Å². The number of nitrogens with zero attached hydrogens (tertiary/aromatic N) is 3. The lowest BCUT2D eigenvalue weighted by atomic mass is 10.1. The van der Waals surface area contributed by atoms with Crippen molar-refractivity contribution in [3.8, 4) is 6.07 Å². The Hall–Kier alpha value is -1.41. The summed E-state index contributed by atoms with van der Waals surface area (Å²) in [4.78, 5) is 15.4. The maximum Gasteiger partial charge on any atom is 0.246 e. The van der Waals surface area contributed by atoms with Gasteiger partial charge in [0, 0.05) is 25.7 Å². The van der Waals surface area contributed by atoms with Crippen LogP contribution in [0.15, 0.2) is 12.2 Å². The van der Waals surface area contributed by atoms with Crippen LogP contribution in [-0.4, -0.2) is 55.1 Å². The Kier molecular flexibility index (Phi) is 4.93. The normalized spacial score (nSPS) is 22.3. The fraction of sp³-hybridized carbons (Fsp3) is 0.636. The van der Waals surface area contributed by atoms with Crippen LogP contribution >= 0.6 is 0 Å². The minimum Gasteiger partial charge on any atom is -0.333 e. The number of rotatable bonds is 3. The molecule has 0 aromatic rings. The number of nitriles is 1. The number of carbonyl (C=O) groups is 1. The summed E-state index contributed by atoms with van der Waals surface area (Å²) < 4.78 is 11.9. The van der Waals surface area contributed by atoms with E-state index in [1.807, 2.05) is 7.05 Å². The molecule has 0 spiro atoms. The van der Waals surface area contributed by atoms with Gasteiger partial charge in [0.05, 0.1) is 18.5 Å². The predicted octanol–water partition coefficient (Wildman–Crippen LogP) is 0.568. The predicted molar refractivity (Wildman–Crippen MR) is 58.3 cm³/mol. The van der Waals surface area contributed by atoms with Crippen molar-refractivity contribution in [2.75, 3.05) is 33.4 Å². The van der Waals surface area contributed by atoms with E-state index in [4.69, 9.17) is 5.26 Å². The molecule has 1 rings (SSSR count). The molecule has 4 nitrogen and oxygen atoms in total. The van der Waals surface area contributed by atoms with Crippen molar-refractivity contribution in [1.29, 1.82) is 5.26 Å². The van der Waals surface area contributed by atoms with Gasteiger partial charge in [-0.2, -0.15) is 5.26 Å². The fourth-order valence-corrected chi connectivity index (χ4v) is 1.82. The largest absolute Gasteiger partial charge is 0.333 e. The molecule has 1 saturated heterocycles. The van der Waals surface area contributed by atoms with Crippen molar-refractivity contribution in [3.63, 3.8) is 0 Å². The Morgan fingerprint density at radius 1 is 1.62 bits per heavy atom. The minimum atomic E-state index is -0.637. The van der Waals surface area contributed by atoms with Crippen molar-refractivity contribution in [2.24, 2.45) is 0 Å². The van der Waals surface area contributed by atoms with E-state index >= 15 is 0 Å². The van der Waals surface area contributed by atoms with Crippen LogP contribution in [0.2, 0.25) is 0 Å². The number of hydrogen-bond acceptors (Lipinski definition) is 3. The molecule has 5 heteroatoms. The summed E-state index contributed by atoms with van der Waals surface area (Å²) in [7, 11) is 1.96. The number of alkyl halides is 1. The third kappa shape index (κ3) is 3.31. The zero-order chi connectivity index (χ0) is 12.0. The van der Waals surface area contributed by atoms with Gasteiger partial charge in [-0.3, -0.25) is 4.79 Å². The highest BCUT2D eigenvalue weighted by Crippen LogP contribution is 2.12. The second kappa shape index (κ2) is 6.23. The number of halogens is 1. The quantitative estimate of drug-likeness (QED) is 0.660. The summed E-state index contributed by atoms with van der Waals surface area (Å²) >= 11 is 0. The van der Waals surface area contributed by atoms with Crippen LogP contribution in [0, 0.1) is 11.3 Å². The summed E-state index contributed by atoms with van der Waals surface area (Å²) in [5, 5.41) is 8.70. The summed E-state index contributed by atoms with van der Waals surface area (Å²) in [6.07, 6.45) is 2.76. The van der Waals surface area contributed by atoms with E-state index < -0.39 is 6.67 Å². The standard InChI is InChI=1S/C11H16FN3O/c1-14-7-8-15(10(9-14)4-6-13)11(16)3-2-5-12/h2-3,10H,4-5,7-9H2,1H3/b3-2+/t10-/m0/s1. The number of likely N-dealkylation sites (N-methyl/N-ethyl adjacent to an activating group) is 1. The number of allylic oxidation sites excluding steroid dienone is 1. The highest BCUT2D eigenvalue weighted by atomic mass is 19.1. The average Bonchev–Trinajstić information content (AvgIpc) is 2.26. The van der Waals surface area contributed by atoms with E-state index in [2.05, 4.69) is 11.0 Å². The van der Waals surface area contributed by atoms with Gasteiger partial charge in [0.1, 0.15) is 6.67 Å². The number of amides is 1. The van der Waals surface area contributed by atoms with Crippen LogP contribution in [-0.2, 0) is 4.79 Å². The first-order chi connectivity index (χ1) is 7.69. The van der Waals surface area contributed by atoms with E-state index in [1.165, 1.54) is 12.2 Å². The summed E-state index contributed by atoms with van der Waals surface area (Å²) in [5.74, 6) is -0.203. The first-order valence-corrected chi connectivity index (χ1v) is 5.27. The van der Waals surface area contributed by atoms with Gasteiger partial charge in [-0.05, 0) is 13.1 Å². The van der Waals surface area contributed by atoms with E-state index in [-0.39, 0.29) is 11.9 Å². The first-order valence-electron chi connectivity index (χ1n) is 5.27. The summed E-state index contributed by atoms with van der Waals surface area (Å²) in [6.45, 7) is 1.45. The smallest absolute Gasteiger partial charge is 0.246 e. The zero-order valence-electron chi connectivity index (χ0n) is 9.40. The van der Waals surface area contributed by atoms with Gasteiger partial charge in [-0.1, -0.05) is 0 Å². The highest BCUT2D eigenvalue weighted by molar-refractivity contribution is 5.88. The molecule has 0 bridgehead atoms. The average molecular weight is 225 g/mol. The first kappa shape index (κ1) is 12.7. The Balaban J connectivity index is 2.65. The van der Waals surface area contributed by atoms with Gasteiger partial charge < -0.3 is 9.80 Å². The van der Waals surface area contributed by atoms with Crippen LogP contribution in [0.25, 0.3) is 0 Å². The molecule has 1 fully saturated rings. The van der Waals surface area contributed by atoms with Gasteiger partial charge in [0.25, 0.3) is 0 Å². The molecule has 0 radical (unpaired) electrons. The molecule has 1 amide bonds. The number of hydrogen-bond donors (Lipinski definition) is 0. The van der Waals surface area contributed by atoms with Crippen molar-refractivity contribution in [2.45, 2.75) is 12.5 Å². The zero-order valence-corrected chi connectivity index (χ0v) is 9.40. The van der Waals surface area contributed by atoms with E-state index in [0.29, 0.717) is 19.5 Å². The Bertz CT molecular complexity index is 311. The molecular weight excluding hydrogens is 209 g/mol. The molecule has 0 aliphatic carbocycles. The van der Waals surface area contributed by atoms with Crippen molar-refractivity contribution < 1.29 is 9.18 Å². The van der Waals surface area contributed by atoms with Gasteiger partial charge in [-0.15, -0.1) is 0 Å². The van der Waals surface area contributed by atoms with Gasteiger partial charge in [0.15, 0.2) is 0 Å². The molecule has 0 saturated carbocycles. The van der Waals surface area contributed by atoms with Crippen molar-refractivity contribution in [1.82, 2.24) is 9.80 Å². The molecule has 16 heavy (non-hydrogen) atoms. The molecule has 88 valence electrons. The summed E-state index contributed by atoms with van der Waals surface area (Å²) in [6, 6.07) is 2.00. The maximum absolute atomic E-state index is 11.9. The van der Waals surface area contributed by atoms with Crippen LogP contribution in [0.5, 0.6) is 0 Å². The molecule has 0 aromatic heterocycles. The SMILES string of the molecule is CN1CCN(C(=O)/C=C/CF)[C@@H](CC#N)C1. The van der Waals surface area contributed by atoms with Gasteiger partial charge in [-0.25, -0.2) is 4.39 Å². The van der Waals surface area contributed by atoms with Crippen LogP contribution in [0.3, 0.4) is 0 Å². The molecule has 1 aliphatic rings. The van der Waals surface area contributed by atoms with E-state index in [9.17, 15) is 9.18 Å². The molecule has 1 heterocycles. The third-order valence-corrected chi connectivity index (χ3v) is 2.65. The lowest BCUT2D eigenvalue weighted by Gasteiger charge is -2.38. The Morgan fingerprint density at radius 3 is 3.00 bits per heavy atom. The van der Waals surface area contributed by atoms with Gasteiger partial charge in [0.2, 0.25) is 5.91 Å². The van der Waals surface area contributed by atoms with Crippen molar-refractivity contribution >= 4 is 5.91 Å².